The van der Waals surface area contributed by atoms with Crippen molar-refractivity contribution < 1.29 is 4.79 Å². The Bertz CT molecular complexity index is 1140. The second-order valence-electron chi connectivity index (χ2n) is 5.49. The number of rotatable bonds is 3. The molecule has 2 heterocycles. The van der Waals surface area contributed by atoms with Gasteiger partial charge in [-0.25, -0.2) is 4.79 Å². The fourth-order valence-electron chi connectivity index (χ4n) is 3.01. The van der Waals surface area contributed by atoms with Crippen LogP contribution in [-0.2, 0) is 6.54 Å². The number of carbonyl (C=O) groups is 1. The first-order valence-corrected chi connectivity index (χ1v) is 9.02. The van der Waals surface area contributed by atoms with Crippen LogP contribution in [0.2, 0.25) is 0 Å². The maximum Gasteiger partial charge on any atom is 0.325 e. The van der Waals surface area contributed by atoms with Crippen molar-refractivity contribution in [2.24, 2.45) is 0 Å². The van der Waals surface area contributed by atoms with Gasteiger partial charge in [-0.15, -0.1) is 5.10 Å². The summed E-state index contributed by atoms with van der Waals surface area (Å²) in [6.07, 6.45) is 0. The van der Waals surface area contributed by atoms with Gasteiger partial charge in [0, 0.05) is 34.0 Å². The van der Waals surface area contributed by atoms with Gasteiger partial charge in [0.2, 0.25) is 5.13 Å². The van der Waals surface area contributed by atoms with E-state index < -0.39 is 0 Å². The lowest BCUT2D eigenvalue weighted by Gasteiger charge is -2.06. The Morgan fingerprint density at radius 3 is 2.76 bits per heavy atom. The van der Waals surface area contributed by atoms with Crippen molar-refractivity contribution in [3.8, 4) is 0 Å². The zero-order chi connectivity index (χ0) is 17.4. The van der Waals surface area contributed by atoms with E-state index >= 15 is 0 Å². The number of aromatic nitrogens is 3. The molecular formula is C17H15N5OS2. The van der Waals surface area contributed by atoms with Crippen molar-refractivity contribution in [1.82, 2.24) is 14.8 Å². The molecule has 0 unspecified atom stereocenters. The summed E-state index contributed by atoms with van der Waals surface area (Å²) < 4.78 is 2.79. The minimum Gasteiger partial charge on any atom is -0.341 e. The van der Waals surface area contributed by atoms with E-state index in [2.05, 4.69) is 44.5 Å². The molecule has 2 aromatic heterocycles. The molecule has 126 valence electrons. The molecule has 0 fully saturated rings. The summed E-state index contributed by atoms with van der Waals surface area (Å²) in [4.78, 5) is 12.1. The van der Waals surface area contributed by atoms with Gasteiger partial charge in [-0.05, 0) is 43.4 Å². The minimum absolute atomic E-state index is 0.351. The van der Waals surface area contributed by atoms with E-state index in [1.54, 1.807) is 0 Å². The summed E-state index contributed by atoms with van der Waals surface area (Å²) in [5, 5.41) is 14.8. The average Bonchev–Trinajstić information content (AvgIpc) is 3.15. The van der Waals surface area contributed by atoms with Gasteiger partial charge in [0.05, 0.1) is 0 Å². The van der Waals surface area contributed by atoms with Gasteiger partial charge < -0.3 is 9.88 Å². The molecule has 0 aliphatic carbocycles. The van der Waals surface area contributed by atoms with Crippen LogP contribution in [0.15, 0.2) is 42.5 Å². The zero-order valence-corrected chi connectivity index (χ0v) is 15.0. The number of aryl methyl sites for hydroxylation is 1. The molecule has 25 heavy (non-hydrogen) atoms. The molecule has 8 heteroatoms. The molecule has 3 N–H and O–H groups in total. The molecule has 0 saturated carbocycles. The van der Waals surface area contributed by atoms with E-state index in [0.717, 1.165) is 23.1 Å². The highest BCUT2D eigenvalue weighted by Crippen LogP contribution is 2.31. The topological polar surface area (TPSA) is 74.7 Å². The normalized spacial score (nSPS) is 11.1. The average molecular weight is 369 g/mol. The van der Waals surface area contributed by atoms with E-state index in [-0.39, 0.29) is 6.03 Å². The van der Waals surface area contributed by atoms with Crippen molar-refractivity contribution in [1.29, 1.82) is 0 Å². The third-order valence-corrected chi connectivity index (χ3v) is 5.01. The number of carbonyl (C=O) groups excluding carboxylic acids is 1. The number of aromatic amines is 1. The monoisotopic (exact) mass is 369 g/mol. The summed E-state index contributed by atoms with van der Waals surface area (Å²) >= 11 is 6.16. The van der Waals surface area contributed by atoms with Crippen LogP contribution >= 0.6 is 23.6 Å². The Morgan fingerprint density at radius 1 is 1.20 bits per heavy atom. The predicted molar refractivity (Wildman–Crippen MR) is 105 cm³/mol. The number of nitrogens with one attached hydrogen (secondary N) is 3. The molecule has 0 bridgehead atoms. The number of fused-ring (bicyclic) bond motifs is 3. The number of anilines is 2. The fraction of sp³-hybridized carbons (Fsp3) is 0.118. The number of hydrogen-bond acceptors (Lipinski definition) is 4. The quantitative estimate of drug-likeness (QED) is 0.446. The summed E-state index contributed by atoms with van der Waals surface area (Å²) in [6, 6.07) is 13.9. The van der Waals surface area contributed by atoms with Gasteiger partial charge in [-0.1, -0.05) is 29.5 Å². The molecule has 0 atom stereocenters. The van der Waals surface area contributed by atoms with Crippen LogP contribution in [0.5, 0.6) is 0 Å². The largest absolute Gasteiger partial charge is 0.341 e. The van der Waals surface area contributed by atoms with Gasteiger partial charge in [-0.2, -0.15) is 0 Å². The number of nitrogens with zero attached hydrogens (tertiary/aromatic N) is 2. The van der Waals surface area contributed by atoms with Crippen LogP contribution in [0.4, 0.5) is 15.6 Å². The number of urea groups is 1. The van der Waals surface area contributed by atoms with Crippen molar-refractivity contribution in [2.45, 2.75) is 13.5 Å². The maximum atomic E-state index is 12.1. The third kappa shape index (κ3) is 2.90. The summed E-state index contributed by atoms with van der Waals surface area (Å²) in [6.45, 7) is 3.02. The molecule has 0 radical (unpaired) electrons. The highest BCUT2D eigenvalue weighted by molar-refractivity contribution is 7.73. The van der Waals surface area contributed by atoms with E-state index in [0.29, 0.717) is 9.09 Å². The summed E-state index contributed by atoms with van der Waals surface area (Å²) in [5.41, 5.74) is 3.07. The Balaban J connectivity index is 1.68. The maximum absolute atomic E-state index is 12.1. The van der Waals surface area contributed by atoms with Crippen LogP contribution < -0.4 is 10.6 Å². The first kappa shape index (κ1) is 15.8. The Hall–Kier alpha value is -2.71. The molecular weight excluding hydrogens is 354 g/mol. The molecule has 0 saturated heterocycles. The second-order valence-corrected chi connectivity index (χ2v) is 7.16. The molecule has 6 nitrogen and oxygen atoms in total. The third-order valence-electron chi connectivity index (χ3n) is 4.01. The Labute approximate surface area is 152 Å². The Morgan fingerprint density at radius 2 is 2.00 bits per heavy atom. The van der Waals surface area contributed by atoms with Gasteiger partial charge in [0.15, 0.2) is 3.95 Å². The van der Waals surface area contributed by atoms with Crippen LogP contribution in [0.25, 0.3) is 21.8 Å². The SMILES string of the molecule is CCn1c2ccccc2c2cc(NC(=O)Nc3n[nH]c(=S)s3)ccc21. The molecule has 4 aromatic rings. The van der Waals surface area contributed by atoms with Crippen LogP contribution in [0, 0.1) is 3.95 Å². The van der Waals surface area contributed by atoms with E-state index in [4.69, 9.17) is 12.2 Å². The second kappa shape index (κ2) is 6.30. The van der Waals surface area contributed by atoms with Gasteiger partial charge in [-0.3, -0.25) is 10.4 Å². The first-order valence-electron chi connectivity index (χ1n) is 7.80. The van der Waals surface area contributed by atoms with Crippen LogP contribution in [0.1, 0.15) is 6.92 Å². The number of benzene rings is 2. The van der Waals surface area contributed by atoms with E-state index in [1.165, 1.54) is 22.2 Å². The first-order chi connectivity index (χ1) is 12.2. The fourth-order valence-corrected chi connectivity index (χ4v) is 3.80. The van der Waals surface area contributed by atoms with Crippen molar-refractivity contribution in [3.63, 3.8) is 0 Å². The smallest absolute Gasteiger partial charge is 0.325 e. The molecule has 4 rings (SSSR count). The number of H-pyrrole nitrogens is 1. The standard InChI is InChI=1S/C17H15N5OS2/c1-2-22-13-6-4-3-5-11(13)12-9-10(7-8-14(12)22)18-15(23)19-16-20-21-17(24)25-16/h3-9H,2H2,1H3,(H,21,24)(H2,18,19,20,23). The lowest BCUT2D eigenvalue weighted by Crippen LogP contribution is -2.19. The van der Waals surface area contributed by atoms with Crippen LogP contribution in [-0.4, -0.2) is 20.8 Å². The zero-order valence-electron chi connectivity index (χ0n) is 13.4. The minimum atomic E-state index is -0.351. The molecule has 0 aliphatic heterocycles. The van der Waals surface area contributed by atoms with Crippen molar-refractivity contribution >= 4 is 62.2 Å². The van der Waals surface area contributed by atoms with Gasteiger partial charge in [0.25, 0.3) is 0 Å². The van der Waals surface area contributed by atoms with Gasteiger partial charge >= 0.3 is 6.03 Å². The lowest BCUT2D eigenvalue weighted by molar-refractivity contribution is 0.262. The van der Waals surface area contributed by atoms with Crippen molar-refractivity contribution in [2.75, 3.05) is 10.6 Å². The van der Waals surface area contributed by atoms with E-state index in [1.807, 2.05) is 30.3 Å². The Kier molecular flexibility index (Phi) is 3.98. The van der Waals surface area contributed by atoms with Gasteiger partial charge in [0.1, 0.15) is 0 Å². The molecule has 2 amide bonds. The highest BCUT2D eigenvalue weighted by Gasteiger charge is 2.11. The number of para-hydroxylation sites is 1. The lowest BCUT2D eigenvalue weighted by atomic mass is 10.1. The van der Waals surface area contributed by atoms with Crippen LogP contribution in [0.3, 0.4) is 0 Å². The van der Waals surface area contributed by atoms with Crippen molar-refractivity contribution in [3.05, 3.63) is 46.4 Å². The molecule has 2 aromatic carbocycles. The summed E-state index contributed by atoms with van der Waals surface area (Å²) in [5.74, 6) is 0. The molecule has 0 spiro atoms. The molecule has 0 aliphatic rings. The highest BCUT2D eigenvalue weighted by atomic mass is 32.1. The number of amides is 2. The summed E-state index contributed by atoms with van der Waals surface area (Å²) in [7, 11) is 0. The number of hydrogen-bond donors (Lipinski definition) is 3. The van der Waals surface area contributed by atoms with E-state index in [9.17, 15) is 4.79 Å². The predicted octanol–water partition coefficient (Wildman–Crippen LogP) is 4.97.